The fourth-order valence-electron chi connectivity index (χ4n) is 1.92. The monoisotopic (exact) mass is 306 g/mol. The maximum atomic E-state index is 12.2. The third-order valence-electron chi connectivity index (χ3n) is 3.12. The molecule has 0 fully saturated rings. The van der Waals surface area contributed by atoms with Crippen LogP contribution in [-0.2, 0) is 4.79 Å². The number of anilines is 1. The van der Waals surface area contributed by atoms with Gasteiger partial charge in [0.05, 0.1) is 5.69 Å². The molecule has 0 spiro atoms. The first-order valence-electron chi connectivity index (χ1n) is 6.39. The number of amides is 1. The quantitative estimate of drug-likeness (QED) is 0.881. The number of aromatic nitrogens is 3. The number of nitrogens with zero attached hydrogens (tertiary/aromatic N) is 3. The minimum absolute atomic E-state index is 0.177. The summed E-state index contributed by atoms with van der Waals surface area (Å²) in [5.74, 6) is -0.426. The van der Waals surface area contributed by atoms with E-state index < -0.39 is 6.04 Å². The molecule has 1 N–H and O–H groups in total. The van der Waals surface area contributed by atoms with Gasteiger partial charge in [-0.2, -0.15) is 0 Å². The van der Waals surface area contributed by atoms with Crippen LogP contribution in [0, 0.1) is 6.92 Å². The van der Waals surface area contributed by atoms with Crippen molar-refractivity contribution < 1.29 is 9.59 Å². The SMILES string of the molecule is CC(=O)c1nnn(C(C)C(=O)Nc2ccc(Cl)cc2)c1C. The lowest BCUT2D eigenvalue weighted by molar-refractivity contribution is -0.119. The van der Waals surface area contributed by atoms with E-state index in [0.29, 0.717) is 16.4 Å². The third-order valence-corrected chi connectivity index (χ3v) is 3.37. The largest absolute Gasteiger partial charge is 0.324 e. The molecule has 1 atom stereocenters. The number of rotatable bonds is 4. The molecule has 0 radical (unpaired) electrons. The van der Waals surface area contributed by atoms with Gasteiger partial charge in [0.25, 0.3) is 0 Å². The number of halogens is 1. The molecule has 0 aliphatic heterocycles. The Morgan fingerprint density at radius 1 is 1.29 bits per heavy atom. The van der Waals surface area contributed by atoms with Crippen LogP contribution in [0.1, 0.15) is 36.1 Å². The highest BCUT2D eigenvalue weighted by Crippen LogP contribution is 2.17. The fourth-order valence-corrected chi connectivity index (χ4v) is 2.05. The molecule has 2 rings (SSSR count). The fraction of sp³-hybridized carbons (Fsp3) is 0.286. The average Bonchev–Trinajstić information content (AvgIpc) is 2.82. The first-order valence-corrected chi connectivity index (χ1v) is 6.77. The van der Waals surface area contributed by atoms with Crippen LogP contribution in [0.2, 0.25) is 5.02 Å². The molecule has 1 aromatic heterocycles. The highest BCUT2D eigenvalue weighted by Gasteiger charge is 2.21. The van der Waals surface area contributed by atoms with Gasteiger partial charge in [0.2, 0.25) is 5.91 Å². The molecular formula is C14H15ClN4O2. The van der Waals surface area contributed by atoms with Crippen LogP contribution in [0.5, 0.6) is 0 Å². The van der Waals surface area contributed by atoms with E-state index in [1.165, 1.54) is 11.6 Å². The summed E-state index contributed by atoms with van der Waals surface area (Å²) in [6, 6.07) is 6.22. The number of hydrogen-bond donors (Lipinski definition) is 1. The number of hydrogen-bond acceptors (Lipinski definition) is 4. The smallest absolute Gasteiger partial charge is 0.249 e. The van der Waals surface area contributed by atoms with Gasteiger partial charge in [-0.3, -0.25) is 9.59 Å². The normalized spacial score (nSPS) is 12.0. The Morgan fingerprint density at radius 2 is 1.90 bits per heavy atom. The van der Waals surface area contributed by atoms with Crippen molar-refractivity contribution in [1.29, 1.82) is 0 Å². The third kappa shape index (κ3) is 3.28. The summed E-state index contributed by atoms with van der Waals surface area (Å²) in [6.07, 6.45) is 0. The first-order chi connectivity index (χ1) is 9.90. The van der Waals surface area contributed by atoms with Gasteiger partial charge in [0.15, 0.2) is 11.5 Å². The van der Waals surface area contributed by atoms with Gasteiger partial charge in [-0.1, -0.05) is 16.8 Å². The van der Waals surface area contributed by atoms with E-state index >= 15 is 0 Å². The van der Waals surface area contributed by atoms with Crippen LogP contribution in [0.15, 0.2) is 24.3 Å². The highest BCUT2D eigenvalue weighted by molar-refractivity contribution is 6.30. The molecule has 6 nitrogen and oxygen atoms in total. The van der Waals surface area contributed by atoms with Crippen LogP contribution in [-0.4, -0.2) is 26.7 Å². The zero-order valence-electron chi connectivity index (χ0n) is 11.9. The molecule has 1 aromatic carbocycles. The zero-order chi connectivity index (χ0) is 15.6. The van der Waals surface area contributed by atoms with Crippen molar-refractivity contribution >= 4 is 29.0 Å². The zero-order valence-corrected chi connectivity index (χ0v) is 12.7. The number of ketones is 1. The summed E-state index contributed by atoms with van der Waals surface area (Å²) < 4.78 is 1.43. The highest BCUT2D eigenvalue weighted by atomic mass is 35.5. The molecule has 0 bridgehead atoms. The summed E-state index contributed by atoms with van der Waals surface area (Å²) >= 11 is 5.79. The number of Topliss-reactive ketones (excluding diaryl/α,β-unsaturated/α-hetero) is 1. The van der Waals surface area contributed by atoms with Gasteiger partial charge < -0.3 is 5.32 Å². The van der Waals surface area contributed by atoms with Gasteiger partial charge in [-0.15, -0.1) is 5.10 Å². The lowest BCUT2D eigenvalue weighted by Gasteiger charge is -2.13. The maximum Gasteiger partial charge on any atom is 0.249 e. The second-order valence-electron chi connectivity index (χ2n) is 4.70. The second kappa shape index (κ2) is 6.05. The van der Waals surface area contributed by atoms with Crippen LogP contribution >= 0.6 is 11.6 Å². The molecule has 7 heteroatoms. The molecule has 0 saturated heterocycles. The van der Waals surface area contributed by atoms with Crippen molar-refractivity contribution in [2.24, 2.45) is 0 Å². The van der Waals surface area contributed by atoms with Crippen LogP contribution in [0.25, 0.3) is 0 Å². The predicted octanol–water partition coefficient (Wildman–Crippen LogP) is 2.64. The average molecular weight is 307 g/mol. The van der Waals surface area contributed by atoms with Crippen molar-refractivity contribution in [2.45, 2.75) is 26.8 Å². The van der Waals surface area contributed by atoms with Gasteiger partial charge in [0, 0.05) is 17.6 Å². The van der Waals surface area contributed by atoms with Crippen molar-refractivity contribution in [3.63, 3.8) is 0 Å². The molecule has 0 aliphatic rings. The van der Waals surface area contributed by atoms with Crippen LogP contribution in [0.4, 0.5) is 5.69 Å². The second-order valence-corrected chi connectivity index (χ2v) is 5.13. The Bertz CT molecular complexity index is 679. The number of benzene rings is 1. The van der Waals surface area contributed by atoms with Gasteiger partial charge in [0.1, 0.15) is 6.04 Å². The Kier molecular flexibility index (Phi) is 4.37. The Balaban J connectivity index is 2.16. The number of carbonyl (C=O) groups excluding carboxylic acids is 2. The number of carbonyl (C=O) groups is 2. The van der Waals surface area contributed by atoms with Crippen molar-refractivity contribution in [1.82, 2.24) is 15.0 Å². The minimum Gasteiger partial charge on any atom is -0.324 e. The topological polar surface area (TPSA) is 76.9 Å². The van der Waals surface area contributed by atoms with Gasteiger partial charge in [-0.25, -0.2) is 4.68 Å². The Morgan fingerprint density at radius 3 is 2.43 bits per heavy atom. The molecule has 21 heavy (non-hydrogen) atoms. The molecule has 2 aromatic rings. The van der Waals surface area contributed by atoms with Crippen molar-refractivity contribution in [3.8, 4) is 0 Å². The molecule has 0 saturated carbocycles. The molecule has 0 aliphatic carbocycles. The summed E-state index contributed by atoms with van der Waals surface area (Å²) in [5.41, 5.74) is 1.49. The van der Waals surface area contributed by atoms with E-state index in [1.54, 1.807) is 38.1 Å². The Hall–Kier alpha value is -2.21. The summed E-state index contributed by atoms with van der Waals surface area (Å²) in [7, 11) is 0. The van der Waals surface area contributed by atoms with Crippen molar-refractivity contribution in [3.05, 3.63) is 40.7 Å². The molecule has 110 valence electrons. The van der Waals surface area contributed by atoms with Gasteiger partial charge in [-0.05, 0) is 38.1 Å². The predicted molar refractivity (Wildman–Crippen MR) is 79.6 cm³/mol. The van der Waals surface area contributed by atoms with Gasteiger partial charge >= 0.3 is 0 Å². The van der Waals surface area contributed by atoms with E-state index in [2.05, 4.69) is 15.6 Å². The lowest BCUT2D eigenvalue weighted by Crippen LogP contribution is -2.25. The molecule has 1 amide bonds. The minimum atomic E-state index is -0.582. The van der Waals surface area contributed by atoms with E-state index in [0.717, 1.165) is 0 Å². The maximum absolute atomic E-state index is 12.2. The van der Waals surface area contributed by atoms with Crippen LogP contribution in [0.3, 0.4) is 0 Å². The van der Waals surface area contributed by atoms with Crippen LogP contribution < -0.4 is 5.32 Å². The summed E-state index contributed by atoms with van der Waals surface area (Å²) in [4.78, 5) is 23.6. The standard InChI is InChI=1S/C14H15ClN4O2/c1-8-13(10(3)20)17-18-19(8)9(2)14(21)16-12-6-4-11(15)5-7-12/h4-7,9H,1-3H3,(H,16,21). The molecule has 1 unspecified atom stereocenters. The van der Waals surface area contributed by atoms with E-state index in [1.807, 2.05) is 0 Å². The van der Waals surface area contributed by atoms with E-state index in [-0.39, 0.29) is 17.4 Å². The first kappa shape index (κ1) is 15.2. The summed E-state index contributed by atoms with van der Waals surface area (Å²) in [6.45, 7) is 4.82. The van der Waals surface area contributed by atoms with E-state index in [4.69, 9.17) is 11.6 Å². The molecular weight excluding hydrogens is 292 g/mol. The number of nitrogens with one attached hydrogen (secondary N) is 1. The summed E-state index contributed by atoms with van der Waals surface area (Å²) in [5, 5.41) is 11.0. The lowest BCUT2D eigenvalue weighted by atomic mass is 10.2. The van der Waals surface area contributed by atoms with E-state index in [9.17, 15) is 9.59 Å². The molecule has 1 heterocycles. The van der Waals surface area contributed by atoms with Crippen molar-refractivity contribution in [2.75, 3.05) is 5.32 Å². The Labute approximate surface area is 127 Å².